The fourth-order valence-corrected chi connectivity index (χ4v) is 2.34. The van der Waals surface area contributed by atoms with E-state index in [0.717, 1.165) is 11.1 Å². The molecule has 0 aliphatic rings. The van der Waals surface area contributed by atoms with Gasteiger partial charge < -0.3 is 9.26 Å². The molecule has 7 nitrogen and oxygen atoms in total. The molecule has 122 valence electrons. The molecule has 1 heterocycles. The van der Waals surface area contributed by atoms with Crippen molar-refractivity contribution in [2.75, 3.05) is 0 Å². The Kier molecular flexibility index (Phi) is 4.43. The second-order valence-corrected chi connectivity index (χ2v) is 5.39. The van der Waals surface area contributed by atoms with E-state index < -0.39 is 4.92 Å². The highest BCUT2D eigenvalue weighted by Crippen LogP contribution is 2.29. The van der Waals surface area contributed by atoms with Crippen molar-refractivity contribution < 1.29 is 14.2 Å². The summed E-state index contributed by atoms with van der Waals surface area (Å²) in [6, 6.07) is 11.7. The number of rotatable bonds is 5. The lowest BCUT2D eigenvalue weighted by Crippen LogP contribution is -1.97. The Morgan fingerprint density at radius 1 is 1.29 bits per heavy atom. The molecule has 0 saturated carbocycles. The van der Waals surface area contributed by atoms with Crippen LogP contribution in [0.15, 0.2) is 47.0 Å². The number of aryl methyl sites for hydroxylation is 1. The first-order chi connectivity index (χ1) is 11.5. The molecule has 8 heteroatoms. The summed E-state index contributed by atoms with van der Waals surface area (Å²) in [6.45, 7) is 1.97. The van der Waals surface area contributed by atoms with Gasteiger partial charge >= 0.3 is 0 Å². The zero-order valence-electron chi connectivity index (χ0n) is 12.6. The first-order valence-corrected chi connectivity index (χ1v) is 7.37. The third kappa shape index (κ3) is 3.36. The average molecular weight is 346 g/mol. The number of ether oxygens (including phenoxy) is 1. The summed E-state index contributed by atoms with van der Waals surface area (Å²) in [4.78, 5) is 14.4. The standard InChI is InChI=1S/C16H12ClN3O4/c1-10-4-2-3-5-12(10)16-18-15(24-19-16)9-23-14-7-6-11(20(21)22)8-13(14)17/h2-8H,9H2,1H3. The lowest BCUT2D eigenvalue weighted by molar-refractivity contribution is -0.384. The molecule has 0 fully saturated rings. The van der Waals surface area contributed by atoms with E-state index in [0.29, 0.717) is 11.6 Å². The second-order valence-electron chi connectivity index (χ2n) is 4.99. The summed E-state index contributed by atoms with van der Waals surface area (Å²) in [5, 5.41) is 14.8. The molecular weight excluding hydrogens is 334 g/mol. The Bertz CT molecular complexity index is 895. The van der Waals surface area contributed by atoms with Gasteiger partial charge in [0.25, 0.3) is 11.6 Å². The third-order valence-corrected chi connectivity index (χ3v) is 3.63. The topological polar surface area (TPSA) is 91.3 Å². The molecule has 0 spiro atoms. The summed E-state index contributed by atoms with van der Waals surface area (Å²) >= 11 is 5.97. The summed E-state index contributed by atoms with van der Waals surface area (Å²) < 4.78 is 10.6. The zero-order valence-corrected chi connectivity index (χ0v) is 13.4. The van der Waals surface area contributed by atoms with Crippen molar-refractivity contribution in [2.24, 2.45) is 0 Å². The van der Waals surface area contributed by atoms with Gasteiger partial charge in [-0.05, 0) is 18.6 Å². The van der Waals surface area contributed by atoms with E-state index >= 15 is 0 Å². The normalized spacial score (nSPS) is 10.6. The van der Waals surface area contributed by atoms with Crippen molar-refractivity contribution in [3.05, 3.63) is 69.1 Å². The zero-order chi connectivity index (χ0) is 17.1. The minimum absolute atomic E-state index is 0.0103. The van der Waals surface area contributed by atoms with Gasteiger partial charge in [-0.1, -0.05) is 41.0 Å². The minimum Gasteiger partial charge on any atom is -0.482 e. The van der Waals surface area contributed by atoms with E-state index in [2.05, 4.69) is 10.1 Å². The number of non-ortho nitro benzene ring substituents is 1. The van der Waals surface area contributed by atoms with Crippen molar-refractivity contribution in [3.8, 4) is 17.1 Å². The highest BCUT2D eigenvalue weighted by molar-refractivity contribution is 6.32. The van der Waals surface area contributed by atoms with Crippen molar-refractivity contribution in [2.45, 2.75) is 13.5 Å². The quantitative estimate of drug-likeness (QED) is 0.508. The van der Waals surface area contributed by atoms with Crippen molar-refractivity contribution in [3.63, 3.8) is 0 Å². The van der Waals surface area contributed by atoms with Crippen LogP contribution in [0, 0.1) is 17.0 Å². The second kappa shape index (κ2) is 6.67. The van der Waals surface area contributed by atoms with Crippen LogP contribution in [0.25, 0.3) is 11.4 Å². The Balaban J connectivity index is 1.72. The van der Waals surface area contributed by atoms with E-state index in [-0.39, 0.29) is 23.2 Å². The molecule has 0 saturated heterocycles. The van der Waals surface area contributed by atoms with Crippen LogP contribution in [0.1, 0.15) is 11.5 Å². The van der Waals surface area contributed by atoms with Gasteiger partial charge in [-0.15, -0.1) is 0 Å². The van der Waals surface area contributed by atoms with Crippen LogP contribution in [0.2, 0.25) is 5.02 Å². The van der Waals surface area contributed by atoms with Crippen LogP contribution in [0.4, 0.5) is 5.69 Å². The Hall–Kier alpha value is -2.93. The van der Waals surface area contributed by atoms with Gasteiger partial charge in [0.05, 0.1) is 9.95 Å². The first kappa shape index (κ1) is 15.9. The molecule has 0 unspecified atom stereocenters. The molecule has 0 radical (unpaired) electrons. The number of nitrogens with zero attached hydrogens (tertiary/aromatic N) is 3. The molecule has 0 N–H and O–H groups in total. The minimum atomic E-state index is -0.526. The van der Waals surface area contributed by atoms with Crippen LogP contribution in [0.5, 0.6) is 5.75 Å². The summed E-state index contributed by atoms with van der Waals surface area (Å²) in [6.07, 6.45) is 0. The molecule has 3 aromatic rings. The average Bonchev–Trinajstić information content (AvgIpc) is 3.02. The number of hydrogen-bond acceptors (Lipinski definition) is 6. The van der Waals surface area contributed by atoms with Crippen LogP contribution in [-0.4, -0.2) is 15.1 Å². The van der Waals surface area contributed by atoms with Crippen LogP contribution in [0.3, 0.4) is 0 Å². The Labute approximate surface area is 142 Å². The van der Waals surface area contributed by atoms with E-state index in [1.165, 1.54) is 18.2 Å². The monoisotopic (exact) mass is 345 g/mol. The van der Waals surface area contributed by atoms with Crippen LogP contribution >= 0.6 is 11.6 Å². The van der Waals surface area contributed by atoms with Gasteiger partial charge in [-0.25, -0.2) is 0 Å². The predicted octanol–water partition coefficient (Wildman–Crippen LogP) is 4.19. The summed E-state index contributed by atoms with van der Waals surface area (Å²) in [7, 11) is 0. The van der Waals surface area contributed by atoms with Crippen LogP contribution < -0.4 is 4.74 Å². The lowest BCUT2D eigenvalue weighted by Gasteiger charge is -2.04. The van der Waals surface area contributed by atoms with Crippen molar-refractivity contribution in [1.29, 1.82) is 0 Å². The molecule has 0 aliphatic carbocycles. The van der Waals surface area contributed by atoms with Crippen molar-refractivity contribution >= 4 is 17.3 Å². The van der Waals surface area contributed by atoms with Gasteiger partial charge in [0.15, 0.2) is 6.61 Å². The molecular formula is C16H12ClN3O4. The largest absolute Gasteiger partial charge is 0.482 e. The SMILES string of the molecule is Cc1ccccc1-c1noc(COc2ccc([N+](=O)[O-])cc2Cl)n1. The third-order valence-electron chi connectivity index (χ3n) is 3.33. The highest BCUT2D eigenvalue weighted by atomic mass is 35.5. The van der Waals surface area contributed by atoms with E-state index in [4.69, 9.17) is 20.9 Å². The summed E-state index contributed by atoms with van der Waals surface area (Å²) in [5.74, 6) is 1.06. The highest BCUT2D eigenvalue weighted by Gasteiger charge is 2.13. The number of nitro benzene ring substituents is 1. The lowest BCUT2D eigenvalue weighted by atomic mass is 10.1. The van der Waals surface area contributed by atoms with Gasteiger partial charge in [-0.2, -0.15) is 4.98 Å². The number of aromatic nitrogens is 2. The molecule has 0 amide bonds. The number of benzene rings is 2. The molecule has 3 rings (SSSR count). The number of halogens is 1. The van der Waals surface area contributed by atoms with E-state index in [9.17, 15) is 10.1 Å². The Morgan fingerprint density at radius 3 is 2.79 bits per heavy atom. The molecule has 24 heavy (non-hydrogen) atoms. The maximum Gasteiger partial charge on any atom is 0.271 e. The van der Waals surface area contributed by atoms with E-state index in [1.54, 1.807) is 0 Å². The fourth-order valence-electron chi connectivity index (χ4n) is 2.11. The van der Waals surface area contributed by atoms with Gasteiger partial charge in [0.2, 0.25) is 5.82 Å². The number of nitro groups is 1. The maximum atomic E-state index is 10.7. The van der Waals surface area contributed by atoms with E-state index in [1.807, 2.05) is 31.2 Å². The smallest absolute Gasteiger partial charge is 0.271 e. The molecule has 2 aromatic carbocycles. The van der Waals surface area contributed by atoms with Crippen molar-refractivity contribution in [1.82, 2.24) is 10.1 Å². The first-order valence-electron chi connectivity index (χ1n) is 7.00. The van der Waals surface area contributed by atoms with Gasteiger partial charge in [-0.3, -0.25) is 10.1 Å². The molecule has 0 bridgehead atoms. The number of hydrogen-bond donors (Lipinski definition) is 0. The van der Waals surface area contributed by atoms with Gasteiger partial charge in [0.1, 0.15) is 5.75 Å². The fraction of sp³-hybridized carbons (Fsp3) is 0.125. The molecule has 0 aliphatic heterocycles. The predicted molar refractivity (Wildman–Crippen MR) is 86.9 cm³/mol. The Morgan fingerprint density at radius 2 is 2.08 bits per heavy atom. The maximum absolute atomic E-state index is 10.7. The summed E-state index contributed by atoms with van der Waals surface area (Å²) in [5.41, 5.74) is 1.80. The molecule has 1 aromatic heterocycles. The molecule has 0 atom stereocenters. The van der Waals surface area contributed by atoms with Crippen LogP contribution in [-0.2, 0) is 6.61 Å². The van der Waals surface area contributed by atoms with Gasteiger partial charge in [0, 0.05) is 17.7 Å².